The smallest absolute Gasteiger partial charge is 0.163 e. The van der Waals surface area contributed by atoms with Gasteiger partial charge in [-0.3, -0.25) is 4.79 Å². The summed E-state index contributed by atoms with van der Waals surface area (Å²) < 4.78 is 0. The van der Waals surface area contributed by atoms with Crippen molar-refractivity contribution >= 4 is 18.4 Å². The van der Waals surface area contributed by atoms with Gasteiger partial charge in [0.05, 0.1) is 0 Å². The van der Waals surface area contributed by atoms with E-state index in [0.717, 1.165) is 12.0 Å². The number of carbonyl (C=O) groups excluding carboxylic acids is 1. The number of ketones is 1. The number of hydrogen-bond acceptors (Lipinski definition) is 2. The molecule has 0 radical (unpaired) electrons. The zero-order chi connectivity index (χ0) is 10.7. The van der Waals surface area contributed by atoms with Crippen LogP contribution in [0.1, 0.15) is 40.7 Å². The van der Waals surface area contributed by atoms with Gasteiger partial charge >= 0.3 is 0 Å². The lowest BCUT2D eigenvalue weighted by molar-refractivity contribution is 0.0989. The van der Waals surface area contributed by atoms with Crippen LogP contribution in [-0.2, 0) is 12.8 Å². The maximum Gasteiger partial charge on any atom is 0.163 e. The number of carbonyl (C=O) groups is 1. The maximum atomic E-state index is 11.7. The molecule has 15 heavy (non-hydrogen) atoms. The van der Waals surface area contributed by atoms with Crippen LogP contribution in [0.25, 0.3) is 0 Å². The second-order valence-electron chi connectivity index (χ2n) is 4.09. The van der Waals surface area contributed by atoms with Crippen molar-refractivity contribution in [2.75, 3.05) is 5.75 Å². The maximum absolute atomic E-state index is 11.7. The Kier molecular flexibility index (Phi) is 3.47. The first-order chi connectivity index (χ1) is 7.31. The Morgan fingerprint density at radius 3 is 2.67 bits per heavy atom. The van der Waals surface area contributed by atoms with Crippen LogP contribution in [0.15, 0.2) is 18.2 Å². The highest BCUT2D eigenvalue weighted by Crippen LogP contribution is 2.22. The van der Waals surface area contributed by atoms with E-state index in [0.29, 0.717) is 12.2 Å². The monoisotopic (exact) mass is 220 g/mol. The summed E-state index contributed by atoms with van der Waals surface area (Å²) in [5, 5.41) is 0. The molecule has 0 saturated carbocycles. The van der Waals surface area contributed by atoms with E-state index in [2.05, 4.69) is 24.8 Å². The minimum atomic E-state index is 0.221. The standard InChI is InChI=1S/C13H16OS/c14-13(7-8-15)12-6-5-10-3-1-2-4-11(10)9-12/h5-6,9,15H,1-4,7-8H2. The summed E-state index contributed by atoms with van der Waals surface area (Å²) in [5.41, 5.74) is 3.68. The van der Waals surface area contributed by atoms with Crippen LogP contribution in [0.3, 0.4) is 0 Å². The second kappa shape index (κ2) is 4.84. The largest absolute Gasteiger partial charge is 0.294 e. The van der Waals surface area contributed by atoms with E-state index in [1.807, 2.05) is 6.07 Å². The molecule has 0 aliphatic heterocycles. The minimum absolute atomic E-state index is 0.221. The molecule has 1 aromatic carbocycles. The van der Waals surface area contributed by atoms with Crippen molar-refractivity contribution in [3.8, 4) is 0 Å². The molecule has 1 aliphatic rings. The average molecular weight is 220 g/mol. The van der Waals surface area contributed by atoms with Crippen LogP contribution in [0.4, 0.5) is 0 Å². The van der Waals surface area contributed by atoms with E-state index in [1.54, 1.807) is 0 Å². The molecule has 0 spiro atoms. The molecule has 0 bridgehead atoms. The first-order valence-corrected chi connectivity index (χ1v) is 6.20. The van der Waals surface area contributed by atoms with Crippen molar-refractivity contribution < 1.29 is 4.79 Å². The summed E-state index contributed by atoms with van der Waals surface area (Å²) >= 11 is 4.09. The molecule has 0 N–H and O–H groups in total. The lowest BCUT2D eigenvalue weighted by Gasteiger charge is -2.16. The van der Waals surface area contributed by atoms with E-state index in [4.69, 9.17) is 0 Å². The van der Waals surface area contributed by atoms with Crippen LogP contribution in [0.5, 0.6) is 0 Å². The molecular formula is C13H16OS. The van der Waals surface area contributed by atoms with Gasteiger partial charge in [0.25, 0.3) is 0 Å². The van der Waals surface area contributed by atoms with Crippen molar-refractivity contribution in [2.45, 2.75) is 32.1 Å². The summed E-state index contributed by atoms with van der Waals surface area (Å²) in [7, 11) is 0. The lowest BCUT2D eigenvalue weighted by atomic mass is 9.89. The van der Waals surface area contributed by atoms with Gasteiger partial charge in [-0.25, -0.2) is 0 Å². The molecule has 0 saturated heterocycles. The molecule has 1 aromatic rings. The normalized spacial score (nSPS) is 14.7. The molecule has 0 aromatic heterocycles. The number of aryl methyl sites for hydroxylation is 2. The van der Waals surface area contributed by atoms with Crippen molar-refractivity contribution in [1.29, 1.82) is 0 Å². The van der Waals surface area contributed by atoms with Crippen LogP contribution >= 0.6 is 12.6 Å². The number of Topliss-reactive ketones (excluding diaryl/α,β-unsaturated/α-hetero) is 1. The average Bonchev–Trinajstić information content (AvgIpc) is 2.29. The van der Waals surface area contributed by atoms with E-state index < -0.39 is 0 Å². The Bertz CT molecular complexity index is 371. The molecular weight excluding hydrogens is 204 g/mol. The van der Waals surface area contributed by atoms with E-state index >= 15 is 0 Å². The van der Waals surface area contributed by atoms with E-state index in [1.165, 1.54) is 30.4 Å². The highest BCUT2D eigenvalue weighted by molar-refractivity contribution is 7.80. The third-order valence-electron chi connectivity index (χ3n) is 3.01. The number of fused-ring (bicyclic) bond motifs is 1. The molecule has 80 valence electrons. The highest BCUT2D eigenvalue weighted by atomic mass is 32.1. The van der Waals surface area contributed by atoms with Crippen LogP contribution in [0, 0.1) is 0 Å². The van der Waals surface area contributed by atoms with E-state index in [-0.39, 0.29) is 5.78 Å². The lowest BCUT2D eigenvalue weighted by Crippen LogP contribution is -2.06. The minimum Gasteiger partial charge on any atom is -0.294 e. The zero-order valence-corrected chi connectivity index (χ0v) is 9.72. The van der Waals surface area contributed by atoms with Gasteiger partial charge in [0, 0.05) is 12.0 Å². The van der Waals surface area contributed by atoms with Gasteiger partial charge in [-0.05, 0) is 48.6 Å². The Balaban J connectivity index is 2.24. The molecule has 2 rings (SSSR count). The van der Waals surface area contributed by atoms with Crippen LogP contribution in [0.2, 0.25) is 0 Å². The summed E-state index contributed by atoms with van der Waals surface area (Å²) in [4.78, 5) is 11.7. The van der Waals surface area contributed by atoms with Crippen LogP contribution in [-0.4, -0.2) is 11.5 Å². The molecule has 0 heterocycles. The number of benzene rings is 1. The highest BCUT2D eigenvalue weighted by Gasteiger charge is 2.12. The number of rotatable bonds is 3. The Morgan fingerprint density at radius 2 is 1.93 bits per heavy atom. The summed E-state index contributed by atoms with van der Waals surface area (Å²) in [6, 6.07) is 6.18. The predicted molar refractivity (Wildman–Crippen MR) is 65.9 cm³/mol. The van der Waals surface area contributed by atoms with Crippen molar-refractivity contribution in [2.24, 2.45) is 0 Å². The van der Waals surface area contributed by atoms with E-state index in [9.17, 15) is 4.79 Å². The SMILES string of the molecule is O=C(CCS)c1ccc2c(c1)CCCC2. The van der Waals surface area contributed by atoms with Crippen LogP contribution < -0.4 is 0 Å². The first kappa shape index (κ1) is 10.7. The topological polar surface area (TPSA) is 17.1 Å². The van der Waals surface area contributed by atoms with Gasteiger partial charge in [0.2, 0.25) is 0 Å². The third-order valence-corrected chi connectivity index (χ3v) is 3.23. The Hall–Kier alpha value is -0.760. The fraction of sp³-hybridized carbons (Fsp3) is 0.462. The van der Waals surface area contributed by atoms with Gasteiger partial charge in [-0.15, -0.1) is 0 Å². The third kappa shape index (κ3) is 2.43. The van der Waals surface area contributed by atoms with Gasteiger partial charge in [-0.1, -0.05) is 12.1 Å². The number of thiol groups is 1. The predicted octanol–water partition coefficient (Wildman–Crippen LogP) is 3.07. The Labute approximate surface area is 96.3 Å². The molecule has 0 unspecified atom stereocenters. The van der Waals surface area contributed by atoms with Gasteiger partial charge in [-0.2, -0.15) is 12.6 Å². The molecule has 2 heteroatoms. The molecule has 0 atom stereocenters. The Morgan fingerprint density at radius 1 is 1.20 bits per heavy atom. The molecule has 0 fully saturated rings. The van der Waals surface area contributed by atoms with Gasteiger partial charge in [0.1, 0.15) is 0 Å². The quantitative estimate of drug-likeness (QED) is 0.612. The fourth-order valence-electron chi connectivity index (χ4n) is 2.15. The second-order valence-corrected chi connectivity index (χ2v) is 4.53. The zero-order valence-electron chi connectivity index (χ0n) is 8.83. The molecule has 1 aliphatic carbocycles. The fourth-order valence-corrected chi connectivity index (χ4v) is 2.36. The van der Waals surface area contributed by atoms with Gasteiger partial charge < -0.3 is 0 Å². The molecule has 0 amide bonds. The first-order valence-electron chi connectivity index (χ1n) is 5.57. The summed E-state index contributed by atoms with van der Waals surface area (Å²) in [5.74, 6) is 0.856. The molecule has 1 nitrogen and oxygen atoms in total. The van der Waals surface area contributed by atoms with Crippen molar-refractivity contribution in [3.05, 3.63) is 34.9 Å². The number of hydrogen-bond donors (Lipinski definition) is 1. The summed E-state index contributed by atoms with van der Waals surface area (Å²) in [6.07, 6.45) is 5.41. The van der Waals surface area contributed by atoms with Crippen molar-refractivity contribution in [1.82, 2.24) is 0 Å². The van der Waals surface area contributed by atoms with Crippen molar-refractivity contribution in [3.63, 3.8) is 0 Å². The van der Waals surface area contributed by atoms with Gasteiger partial charge in [0.15, 0.2) is 5.78 Å². The summed E-state index contributed by atoms with van der Waals surface area (Å²) in [6.45, 7) is 0.